The molecule has 0 aliphatic heterocycles. The summed E-state index contributed by atoms with van der Waals surface area (Å²) >= 11 is 1.86. The molecular weight excluding hydrogens is 254 g/mol. The second kappa shape index (κ2) is 6.44. The quantitative estimate of drug-likeness (QED) is 0.901. The molecule has 0 saturated carbocycles. The molecule has 1 N–H and O–H groups in total. The Kier molecular flexibility index (Phi) is 4.64. The van der Waals surface area contributed by atoms with Crippen molar-refractivity contribution < 1.29 is 0 Å². The summed E-state index contributed by atoms with van der Waals surface area (Å²) in [7, 11) is 0. The van der Waals surface area contributed by atoms with Gasteiger partial charge in [0.25, 0.3) is 0 Å². The molecule has 0 spiro atoms. The molecule has 98 valence electrons. The van der Waals surface area contributed by atoms with Crippen molar-refractivity contribution in [1.82, 2.24) is 4.98 Å². The van der Waals surface area contributed by atoms with Gasteiger partial charge in [0, 0.05) is 23.4 Å². The minimum atomic E-state index is 0.607. The van der Waals surface area contributed by atoms with Crippen LogP contribution in [0.25, 0.3) is 10.9 Å². The van der Waals surface area contributed by atoms with Gasteiger partial charge in [0.1, 0.15) is 6.07 Å². The molecule has 3 nitrogen and oxygen atoms in total. The first-order valence-electron chi connectivity index (χ1n) is 6.30. The molecule has 0 fully saturated rings. The van der Waals surface area contributed by atoms with Gasteiger partial charge in [-0.3, -0.25) is 4.98 Å². The number of rotatable bonds is 5. The Morgan fingerprint density at radius 3 is 2.95 bits per heavy atom. The van der Waals surface area contributed by atoms with Gasteiger partial charge in [-0.1, -0.05) is 25.1 Å². The zero-order chi connectivity index (χ0) is 13.7. The second-order valence-corrected chi connectivity index (χ2v) is 5.71. The fourth-order valence-corrected chi connectivity index (χ4v) is 2.29. The maximum absolute atomic E-state index is 9.20. The summed E-state index contributed by atoms with van der Waals surface area (Å²) in [6.07, 6.45) is 4.83. The minimum absolute atomic E-state index is 0.607. The Morgan fingerprint density at radius 1 is 1.42 bits per heavy atom. The molecule has 1 unspecified atom stereocenters. The van der Waals surface area contributed by atoms with E-state index in [9.17, 15) is 5.26 Å². The highest BCUT2D eigenvalue weighted by Crippen LogP contribution is 2.25. The molecule has 1 heterocycles. The number of pyridine rings is 1. The van der Waals surface area contributed by atoms with E-state index in [0.29, 0.717) is 10.8 Å². The summed E-state index contributed by atoms with van der Waals surface area (Å²) in [5, 5.41) is 14.2. The van der Waals surface area contributed by atoms with Crippen LogP contribution in [0.1, 0.15) is 18.9 Å². The average Bonchev–Trinajstić information content (AvgIpc) is 2.47. The molecular formula is C15H17N3S. The lowest BCUT2D eigenvalue weighted by atomic mass is 10.1. The molecule has 0 saturated heterocycles. The number of thioether (sulfide) groups is 1. The average molecular weight is 271 g/mol. The number of nitrogens with one attached hydrogen (secondary N) is 1. The van der Waals surface area contributed by atoms with Crippen LogP contribution in [-0.2, 0) is 0 Å². The standard InChI is InChI=1S/C15H17N3S/c1-11(19-2)7-8-17-15-12(9-16)10-18-14-6-4-3-5-13(14)15/h3-6,10-11H,7-8H2,1-2H3,(H,17,18). The Hall–Kier alpha value is -1.73. The van der Waals surface area contributed by atoms with Crippen molar-refractivity contribution in [2.24, 2.45) is 0 Å². The van der Waals surface area contributed by atoms with Gasteiger partial charge in [-0.05, 0) is 18.7 Å². The van der Waals surface area contributed by atoms with Crippen LogP contribution in [0.3, 0.4) is 0 Å². The van der Waals surface area contributed by atoms with Crippen molar-refractivity contribution in [3.63, 3.8) is 0 Å². The number of para-hydroxylation sites is 1. The van der Waals surface area contributed by atoms with Crippen molar-refractivity contribution in [3.8, 4) is 6.07 Å². The number of benzene rings is 1. The van der Waals surface area contributed by atoms with E-state index in [1.807, 2.05) is 36.0 Å². The molecule has 1 aromatic heterocycles. The normalized spacial score (nSPS) is 12.1. The van der Waals surface area contributed by atoms with Crippen molar-refractivity contribution in [3.05, 3.63) is 36.0 Å². The van der Waals surface area contributed by atoms with Crippen LogP contribution >= 0.6 is 11.8 Å². The van der Waals surface area contributed by atoms with Gasteiger partial charge in [0.15, 0.2) is 0 Å². The first-order valence-corrected chi connectivity index (χ1v) is 7.59. The van der Waals surface area contributed by atoms with Gasteiger partial charge in [0.05, 0.1) is 16.8 Å². The molecule has 0 aliphatic carbocycles. The van der Waals surface area contributed by atoms with Crippen LogP contribution in [0.4, 0.5) is 5.69 Å². The predicted molar refractivity (Wildman–Crippen MR) is 82.5 cm³/mol. The summed E-state index contributed by atoms with van der Waals surface area (Å²) in [4.78, 5) is 4.31. The van der Waals surface area contributed by atoms with Crippen LogP contribution in [0.5, 0.6) is 0 Å². The van der Waals surface area contributed by atoms with Crippen LogP contribution in [-0.4, -0.2) is 23.0 Å². The molecule has 0 aliphatic rings. The van der Waals surface area contributed by atoms with Crippen molar-refractivity contribution in [2.75, 3.05) is 18.1 Å². The Bertz CT molecular complexity index is 604. The van der Waals surface area contributed by atoms with E-state index in [1.54, 1.807) is 6.20 Å². The lowest BCUT2D eigenvalue weighted by molar-refractivity contribution is 0.854. The maximum Gasteiger partial charge on any atom is 0.103 e. The first-order chi connectivity index (χ1) is 9.26. The van der Waals surface area contributed by atoms with E-state index in [2.05, 4.69) is 29.5 Å². The zero-order valence-electron chi connectivity index (χ0n) is 11.2. The maximum atomic E-state index is 9.20. The molecule has 0 amide bonds. The van der Waals surface area contributed by atoms with Crippen LogP contribution in [0.2, 0.25) is 0 Å². The van der Waals surface area contributed by atoms with Crippen LogP contribution in [0, 0.1) is 11.3 Å². The summed E-state index contributed by atoms with van der Waals surface area (Å²) in [5.41, 5.74) is 2.43. The molecule has 1 aromatic carbocycles. The van der Waals surface area contributed by atoms with E-state index in [-0.39, 0.29) is 0 Å². The fraction of sp³-hybridized carbons (Fsp3) is 0.333. The molecule has 4 heteroatoms. The van der Waals surface area contributed by atoms with Gasteiger partial charge in [-0.2, -0.15) is 17.0 Å². The molecule has 1 atom stereocenters. The molecule has 0 bridgehead atoms. The zero-order valence-corrected chi connectivity index (χ0v) is 12.0. The number of nitrogens with zero attached hydrogens (tertiary/aromatic N) is 2. The highest BCUT2D eigenvalue weighted by atomic mass is 32.2. The largest absolute Gasteiger partial charge is 0.383 e. The monoisotopic (exact) mass is 271 g/mol. The third-order valence-electron chi connectivity index (χ3n) is 3.15. The third kappa shape index (κ3) is 3.18. The number of nitriles is 1. The summed E-state index contributed by atoms with van der Waals surface area (Å²) in [6, 6.07) is 10.1. The number of hydrogen-bond donors (Lipinski definition) is 1. The number of fused-ring (bicyclic) bond motifs is 1. The van der Waals surface area contributed by atoms with Gasteiger partial charge in [-0.25, -0.2) is 0 Å². The molecule has 19 heavy (non-hydrogen) atoms. The van der Waals surface area contributed by atoms with E-state index in [1.165, 1.54) is 0 Å². The van der Waals surface area contributed by atoms with Gasteiger partial charge >= 0.3 is 0 Å². The highest BCUT2D eigenvalue weighted by Gasteiger charge is 2.08. The summed E-state index contributed by atoms with van der Waals surface area (Å²) in [6.45, 7) is 3.08. The lowest BCUT2D eigenvalue weighted by Crippen LogP contribution is -2.09. The Labute approximate surface area is 118 Å². The SMILES string of the molecule is CSC(C)CCNc1c(C#N)cnc2ccccc12. The molecule has 0 radical (unpaired) electrons. The van der Waals surface area contributed by atoms with Crippen LogP contribution < -0.4 is 5.32 Å². The molecule has 2 rings (SSSR count). The van der Waals surface area contributed by atoms with E-state index in [4.69, 9.17) is 0 Å². The van der Waals surface area contributed by atoms with Crippen molar-refractivity contribution in [2.45, 2.75) is 18.6 Å². The smallest absolute Gasteiger partial charge is 0.103 e. The fourth-order valence-electron chi connectivity index (χ4n) is 1.93. The van der Waals surface area contributed by atoms with Gasteiger partial charge in [-0.15, -0.1) is 0 Å². The van der Waals surface area contributed by atoms with E-state index in [0.717, 1.165) is 29.6 Å². The molecule has 2 aromatic rings. The van der Waals surface area contributed by atoms with Crippen molar-refractivity contribution in [1.29, 1.82) is 5.26 Å². The third-order valence-corrected chi connectivity index (χ3v) is 4.19. The van der Waals surface area contributed by atoms with Gasteiger partial charge in [0.2, 0.25) is 0 Å². The predicted octanol–water partition coefficient (Wildman–Crippen LogP) is 3.66. The summed E-state index contributed by atoms with van der Waals surface area (Å²) < 4.78 is 0. The minimum Gasteiger partial charge on any atom is -0.383 e. The Morgan fingerprint density at radius 2 is 2.21 bits per heavy atom. The highest BCUT2D eigenvalue weighted by molar-refractivity contribution is 7.99. The summed E-state index contributed by atoms with van der Waals surface area (Å²) in [5.74, 6) is 0. The Balaban J connectivity index is 2.27. The van der Waals surface area contributed by atoms with Crippen LogP contribution in [0.15, 0.2) is 30.5 Å². The second-order valence-electron chi connectivity index (χ2n) is 4.44. The first kappa shape index (κ1) is 13.7. The lowest BCUT2D eigenvalue weighted by Gasteiger charge is -2.13. The number of hydrogen-bond acceptors (Lipinski definition) is 4. The van der Waals surface area contributed by atoms with E-state index < -0.39 is 0 Å². The number of aromatic nitrogens is 1. The van der Waals surface area contributed by atoms with Gasteiger partial charge < -0.3 is 5.32 Å². The van der Waals surface area contributed by atoms with Crippen molar-refractivity contribution >= 4 is 28.4 Å². The number of anilines is 1. The van der Waals surface area contributed by atoms with E-state index >= 15 is 0 Å². The topological polar surface area (TPSA) is 48.7 Å².